The van der Waals surface area contributed by atoms with E-state index in [9.17, 15) is 0 Å². The second-order valence-corrected chi connectivity index (χ2v) is 12.7. The fourth-order valence-electron chi connectivity index (χ4n) is 8.09. The van der Waals surface area contributed by atoms with E-state index in [1.165, 1.54) is 54.5 Å². The normalized spacial score (nSPS) is 12.4. The Morgan fingerprint density at radius 1 is 0.408 bits per heavy atom. The maximum absolute atomic E-state index is 5.22. The van der Waals surface area contributed by atoms with Crippen LogP contribution < -0.4 is 4.90 Å². The standard InChI is InChI=1S/C44H27N5/c1-4-17-36-30(13-1)31-14-2-5-18-37(31)47(36)29-22-23-43(46-27-29)49-39-20-10-12-28-11-9-16-33(44(28)39)35-25-34-32-15-3-6-19-38(32)48(40(34)26-41(35)49)42-21-7-8-24-45-42/h1-27H. The van der Waals surface area contributed by atoms with Gasteiger partial charge in [-0.15, -0.1) is 0 Å². The molecule has 5 heteroatoms. The van der Waals surface area contributed by atoms with Crippen LogP contribution in [0.15, 0.2) is 164 Å². The molecule has 11 rings (SSSR count). The van der Waals surface area contributed by atoms with Crippen LogP contribution in [-0.2, 0) is 0 Å². The average Bonchev–Trinajstić information content (AvgIpc) is 3.67. The molecular weight excluding hydrogens is 599 g/mol. The Morgan fingerprint density at radius 2 is 1.08 bits per heavy atom. The Hall–Kier alpha value is -6.72. The third kappa shape index (κ3) is 3.64. The lowest BCUT2D eigenvalue weighted by molar-refractivity contribution is 1.08. The molecule has 0 radical (unpaired) electrons. The minimum atomic E-state index is 0.868. The number of benzene rings is 6. The summed E-state index contributed by atoms with van der Waals surface area (Å²) in [7, 11) is 0. The first kappa shape index (κ1) is 26.4. The molecule has 49 heavy (non-hydrogen) atoms. The number of pyridine rings is 2. The van der Waals surface area contributed by atoms with Crippen molar-refractivity contribution >= 4 is 71.6 Å². The summed E-state index contributed by atoms with van der Waals surface area (Å²) in [5.74, 6) is 1.76. The van der Waals surface area contributed by atoms with Gasteiger partial charge < -0.3 is 4.57 Å². The fourth-order valence-corrected chi connectivity index (χ4v) is 8.09. The number of rotatable bonds is 3. The van der Waals surface area contributed by atoms with E-state index in [4.69, 9.17) is 9.97 Å². The van der Waals surface area contributed by atoms with Crippen molar-refractivity contribution in [1.82, 2.24) is 19.1 Å². The Morgan fingerprint density at radius 3 is 1.78 bits per heavy atom. The van der Waals surface area contributed by atoms with E-state index < -0.39 is 0 Å². The number of anilines is 3. The van der Waals surface area contributed by atoms with Crippen molar-refractivity contribution in [2.45, 2.75) is 0 Å². The van der Waals surface area contributed by atoms with Crippen LogP contribution in [0.4, 0.5) is 17.2 Å². The Balaban J connectivity index is 1.18. The number of hydrogen-bond acceptors (Lipinski definition) is 3. The Bertz CT molecular complexity index is 2880. The number of hydrogen-bond donors (Lipinski definition) is 0. The highest BCUT2D eigenvalue weighted by atomic mass is 15.2. The Labute approximate surface area is 281 Å². The smallest absolute Gasteiger partial charge is 0.137 e. The second-order valence-electron chi connectivity index (χ2n) is 12.7. The van der Waals surface area contributed by atoms with Crippen LogP contribution in [0.3, 0.4) is 0 Å². The molecule has 5 heterocycles. The van der Waals surface area contributed by atoms with Crippen LogP contribution in [0, 0.1) is 0 Å². The zero-order valence-electron chi connectivity index (χ0n) is 26.3. The average molecular weight is 626 g/mol. The minimum absolute atomic E-state index is 0.868. The molecule has 0 unspecified atom stereocenters. The molecule has 6 aromatic carbocycles. The predicted molar refractivity (Wildman–Crippen MR) is 202 cm³/mol. The highest BCUT2D eigenvalue weighted by Gasteiger charge is 2.29. The van der Waals surface area contributed by atoms with Crippen molar-refractivity contribution in [3.8, 4) is 22.6 Å². The first-order valence-corrected chi connectivity index (χ1v) is 16.6. The lowest BCUT2D eigenvalue weighted by atomic mass is 9.90. The molecule has 5 nitrogen and oxygen atoms in total. The van der Waals surface area contributed by atoms with Gasteiger partial charge in [0.25, 0.3) is 0 Å². The number of para-hydroxylation sites is 3. The van der Waals surface area contributed by atoms with E-state index in [0.29, 0.717) is 0 Å². The van der Waals surface area contributed by atoms with Crippen LogP contribution in [0.2, 0.25) is 0 Å². The van der Waals surface area contributed by atoms with Crippen molar-refractivity contribution in [2.75, 3.05) is 4.90 Å². The van der Waals surface area contributed by atoms with E-state index >= 15 is 0 Å². The van der Waals surface area contributed by atoms with Crippen molar-refractivity contribution in [1.29, 1.82) is 0 Å². The molecule has 0 N–H and O–H groups in total. The summed E-state index contributed by atoms with van der Waals surface area (Å²) in [6.45, 7) is 0. The molecule has 10 aromatic rings. The van der Waals surface area contributed by atoms with Crippen LogP contribution in [-0.4, -0.2) is 19.1 Å². The third-order valence-electron chi connectivity index (χ3n) is 10.1. The lowest BCUT2D eigenvalue weighted by Gasteiger charge is -2.33. The van der Waals surface area contributed by atoms with Gasteiger partial charge >= 0.3 is 0 Å². The number of nitrogens with zero attached hydrogens (tertiary/aromatic N) is 5. The number of aromatic nitrogens is 4. The monoisotopic (exact) mass is 625 g/mol. The van der Waals surface area contributed by atoms with Gasteiger partial charge in [-0.3, -0.25) is 9.47 Å². The van der Waals surface area contributed by atoms with Crippen LogP contribution >= 0.6 is 0 Å². The van der Waals surface area contributed by atoms with E-state index in [-0.39, 0.29) is 0 Å². The van der Waals surface area contributed by atoms with Crippen molar-refractivity contribution in [2.24, 2.45) is 0 Å². The van der Waals surface area contributed by atoms with E-state index in [1.54, 1.807) is 0 Å². The predicted octanol–water partition coefficient (Wildman–Crippen LogP) is 11.3. The lowest BCUT2D eigenvalue weighted by Crippen LogP contribution is -2.16. The molecule has 1 aliphatic heterocycles. The zero-order chi connectivity index (χ0) is 32.1. The molecular formula is C44H27N5. The van der Waals surface area contributed by atoms with Crippen LogP contribution in [0.1, 0.15) is 0 Å². The first-order chi connectivity index (χ1) is 24.3. The number of fused-ring (bicyclic) bond motifs is 8. The van der Waals surface area contributed by atoms with Crippen molar-refractivity contribution < 1.29 is 0 Å². The molecule has 0 fully saturated rings. The van der Waals surface area contributed by atoms with Gasteiger partial charge in [-0.2, -0.15) is 0 Å². The summed E-state index contributed by atoms with van der Waals surface area (Å²) >= 11 is 0. The van der Waals surface area contributed by atoms with E-state index in [2.05, 4.69) is 154 Å². The van der Waals surface area contributed by atoms with Gasteiger partial charge in [0.2, 0.25) is 0 Å². The second kappa shape index (κ2) is 9.89. The third-order valence-corrected chi connectivity index (χ3v) is 10.1. The van der Waals surface area contributed by atoms with Gasteiger partial charge in [0.15, 0.2) is 0 Å². The first-order valence-electron chi connectivity index (χ1n) is 16.6. The molecule has 0 aliphatic carbocycles. The van der Waals surface area contributed by atoms with Crippen molar-refractivity contribution in [3.63, 3.8) is 0 Å². The van der Waals surface area contributed by atoms with Gasteiger partial charge in [0.1, 0.15) is 11.6 Å². The van der Waals surface area contributed by atoms with Crippen molar-refractivity contribution in [3.05, 3.63) is 164 Å². The molecule has 4 aromatic heterocycles. The largest absolute Gasteiger partial charge is 0.308 e. The molecule has 0 saturated heterocycles. The molecule has 228 valence electrons. The quantitative estimate of drug-likeness (QED) is 0.196. The molecule has 0 spiro atoms. The van der Waals surface area contributed by atoms with Gasteiger partial charge in [-0.05, 0) is 71.6 Å². The highest BCUT2D eigenvalue weighted by Crippen LogP contribution is 2.52. The maximum Gasteiger partial charge on any atom is 0.137 e. The zero-order valence-corrected chi connectivity index (χ0v) is 26.3. The topological polar surface area (TPSA) is 38.9 Å². The minimum Gasteiger partial charge on any atom is -0.308 e. The molecule has 0 bridgehead atoms. The van der Waals surface area contributed by atoms with Crippen LogP contribution in [0.25, 0.3) is 77.0 Å². The summed E-state index contributed by atoms with van der Waals surface area (Å²) in [4.78, 5) is 12.3. The van der Waals surface area contributed by atoms with Crippen LogP contribution in [0.5, 0.6) is 0 Å². The Kier molecular flexibility index (Phi) is 5.32. The summed E-state index contributed by atoms with van der Waals surface area (Å²) < 4.78 is 4.60. The van der Waals surface area contributed by atoms with Gasteiger partial charge in [0.05, 0.1) is 45.3 Å². The van der Waals surface area contributed by atoms with Gasteiger partial charge in [-0.25, -0.2) is 9.97 Å². The molecule has 1 aliphatic rings. The summed E-state index contributed by atoms with van der Waals surface area (Å²) in [5, 5.41) is 7.33. The molecule has 0 atom stereocenters. The van der Waals surface area contributed by atoms with E-state index in [0.717, 1.165) is 39.7 Å². The maximum atomic E-state index is 5.22. The summed E-state index contributed by atoms with van der Waals surface area (Å²) in [6, 6.07) is 54.2. The highest BCUT2D eigenvalue weighted by molar-refractivity contribution is 6.19. The van der Waals surface area contributed by atoms with E-state index in [1.807, 2.05) is 24.5 Å². The summed E-state index contributed by atoms with van der Waals surface area (Å²) in [5.41, 5.74) is 10.3. The summed E-state index contributed by atoms with van der Waals surface area (Å²) in [6.07, 6.45) is 3.87. The molecule has 0 amide bonds. The molecule has 0 saturated carbocycles. The van der Waals surface area contributed by atoms with Gasteiger partial charge in [0, 0.05) is 38.7 Å². The van der Waals surface area contributed by atoms with Gasteiger partial charge in [-0.1, -0.05) is 91.0 Å². The SMILES string of the molecule is c1ccc(-n2c3ccccc3c3cc4c(cc32)N(c2ccc(-n3c5ccccc5c5ccccc53)cn2)c2cccc3cccc-4c23)nc1. The fraction of sp³-hybridized carbons (Fsp3) is 0.